The summed E-state index contributed by atoms with van der Waals surface area (Å²) in [5.74, 6) is 0. The van der Waals surface area contributed by atoms with Gasteiger partial charge in [0, 0.05) is 51.5 Å². The second-order valence-corrected chi connectivity index (χ2v) is 6.10. The van der Waals surface area contributed by atoms with E-state index in [1.54, 1.807) is 0 Å². The van der Waals surface area contributed by atoms with E-state index in [0.29, 0.717) is 0 Å². The first-order valence-corrected chi connectivity index (χ1v) is 8.75. The Morgan fingerprint density at radius 2 is 1.55 bits per heavy atom. The number of anilines is 1. The Morgan fingerprint density at radius 3 is 2.09 bits per heavy atom. The molecule has 0 aliphatic carbocycles. The highest BCUT2D eigenvalue weighted by molar-refractivity contribution is 5.47. The van der Waals surface area contributed by atoms with Crippen molar-refractivity contribution < 1.29 is 0 Å². The van der Waals surface area contributed by atoms with Crippen LogP contribution < -0.4 is 10.6 Å². The molecule has 1 fully saturated rings. The Kier molecular flexibility index (Phi) is 7.16. The fourth-order valence-corrected chi connectivity index (χ4v) is 3.15. The number of nitrogens with zero attached hydrogens (tertiary/aromatic N) is 3. The van der Waals surface area contributed by atoms with Gasteiger partial charge < -0.3 is 15.5 Å². The molecule has 4 heteroatoms. The summed E-state index contributed by atoms with van der Waals surface area (Å²) in [5.41, 5.74) is 8.34. The molecule has 1 aliphatic rings. The van der Waals surface area contributed by atoms with E-state index in [1.165, 1.54) is 37.4 Å². The van der Waals surface area contributed by atoms with Crippen LogP contribution in [-0.4, -0.2) is 62.2 Å². The van der Waals surface area contributed by atoms with E-state index >= 15 is 0 Å². The van der Waals surface area contributed by atoms with Crippen LogP contribution in [0, 0.1) is 0 Å². The number of benzene rings is 1. The van der Waals surface area contributed by atoms with Gasteiger partial charge in [-0.05, 0) is 51.1 Å². The Balaban J connectivity index is 1.80. The summed E-state index contributed by atoms with van der Waals surface area (Å²) >= 11 is 0. The van der Waals surface area contributed by atoms with Crippen molar-refractivity contribution in [2.24, 2.45) is 5.73 Å². The number of rotatable bonds is 8. The Bertz CT molecular complexity index is 406. The van der Waals surface area contributed by atoms with Crippen LogP contribution in [0.15, 0.2) is 24.3 Å². The molecule has 4 nitrogen and oxygen atoms in total. The van der Waals surface area contributed by atoms with Crippen molar-refractivity contribution in [2.45, 2.75) is 26.8 Å². The van der Waals surface area contributed by atoms with E-state index < -0.39 is 0 Å². The van der Waals surface area contributed by atoms with Gasteiger partial charge in [-0.1, -0.05) is 12.1 Å². The summed E-state index contributed by atoms with van der Waals surface area (Å²) in [6, 6.07) is 9.10. The van der Waals surface area contributed by atoms with Gasteiger partial charge in [0.05, 0.1) is 0 Å². The van der Waals surface area contributed by atoms with Gasteiger partial charge in [-0.15, -0.1) is 0 Å². The van der Waals surface area contributed by atoms with Crippen LogP contribution in [-0.2, 0) is 6.54 Å². The van der Waals surface area contributed by atoms with Crippen LogP contribution in [0.25, 0.3) is 0 Å². The summed E-state index contributed by atoms with van der Waals surface area (Å²) in [7, 11) is 0. The molecule has 1 aliphatic heterocycles. The molecule has 1 aromatic carbocycles. The molecule has 0 atom stereocenters. The van der Waals surface area contributed by atoms with Crippen molar-refractivity contribution in [1.82, 2.24) is 9.80 Å². The van der Waals surface area contributed by atoms with Crippen molar-refractivity contribution in [2.75, 3.05) is 57.3 Å². The maximum Gasteiger partial charge on any atom is 0.0366 e. The molecule has 0 spiro atoms. The molecule has 0 aromatic heterocycles. The van der Waals surface area contributed by atoms with Gasteiger partial charge in [0.2, 0.25) is 0 Å². The first-order chi connectivity index (χ1) is 10.8. The summed E-state index contributed by atoms with van der Waals surface area (Å²) in [6.45, 7) is 14.3. The first-order valence-electron chi connectivity index (χ1n) is 8.75. The van der Waals surface area contributed by atoms with Crippen molar-refractivity contribution in [3.05, 3.63) is 29.8 Å². The number of hydrogen-bond acceptors (Lipinski definition) is 4. The van der Waals surface area contributed by atoms with E-state index in [1.807, 2.05) is 0 Å². The van der Waals surface area contributed by atoms with Gasteiger partial charge in [0.15, 0.2) is 0 Å². The maximum atomic E-state index is 5.59. The molecule has 0 saturated carbocycles. The Labute approximate surface area is 135 Å². The van der Waals surface area contributed by atoms with Crippen molar-refractivity contribution >= 4 is 5.69 Å². The molecule has 0 radical (unpaired) electrons. The predicted molar refractivity (Wildman–Crippen MR) is 95.4 cm³/mol. The highest BCUT2D eigenvalue weighted by Gasteiger charge is 2.16. The normalized spacial score (nSPS) is 16.9. The summed E-state index contributed by atoms with van der Waals surface area (Å²) in [4.78, 5) is 7.48. The molecule has 1 saturated heterocycles. The molecule has 2 rings (SSSR count). The summed E-state index contributed by atoms with van der Waals surface area (Å²) < 4.78 is 0. The van der Waals surface area contributed by atoms with Gasteiger partial charge >= 0.3 is 0 Å². The highest BCUT2D eigenvalue weighted by atomic mass is 15.3. The van der Waals surface area contributed by atoms with Crippen LogP contribution in [0.4, 0.5) is 5.69 Å². The van der Waals surface area contributed by atoms with Gasteiger partial charge in [-0.2, -0.15) is 0 Å². The van der Waals surface area contributed by atoms with E-state index in [0.717, 1.165) is 39.1 Å². The van der Waals surface area contributed by atoms with Crippen molar-refractivity contribution in [3.63, 3.8) is 0 Å². The third-order valence-electron chi connectivity index (χ3n) is 4.61. The van der Waals surface area contributed by atoms with E-state index in [-0.39, 0.29) is 0 Å². The molecular weight excluding hydrogens is 272 g/mol. The van der Waals surface area contributed by atoms with Crippen molar-refractivity contribution in [1.29, 1.82) is 0 Å². The molecule has 0 bridgehead atoms. The third kappa shape index (κ3) is 4.97. The molecule has 124 valence electrons. The van der Waals surface area contributed by atoms with Crippen LogP contribution >= 0.6 is 0 Å². The zero-order valence-electron chi connectivity index (χ0n) is 14.3. The lowest BCUT2D eigenvalue weighted by Crippen LogP contribution is -2.46. The lowest BCUT2D eigenvalue weighted by atomic mass is 10.1. The molecule has 0 amide bonds. The van der Waals surface area contributed by atoms with E-state index in [2.05, 4.69) is 52.8 Å². The zero-order valence-corrected chi connectivity index (χ0v) is 14.3. The van der Waals surface area contributed by atoms with Crippen LogP contribution in [0.3, 0.4) is 0 Å². The van der Waals surface area contributed by atoms with Gasteiger partial charge in [0.1, 0.15) is 0 Å². The SMILES string of the molecule is CCN(CC)c1ccc(CN2CCN(CCCN)CC2)cc1. The minimum Gasteiger partial charge on any atom is -0.372 e. The largest absolute Gasteiger partial charge is 0.372 e. The smallest absolute Gasteiger partial charge is 0.0366 e. The van der Waals surface area contributed by atoms with Gasteiger partial charge in [-0.25, -0.2) is 0 Å². The first kappa shape index (κ1) is 17.3. The van der Waals surface area contributed by atoms with Crippen LogP contribution in [0.2, 0.25) is 0 Å². The molecule has 22 heavy (non-hydrogen) atoms. The molecule has 2 N–H and O–H groups in total. The molecule has 0 unspecified atom stereocenters. The number of piperazine rings is 1. The second kappa shape index (κ2) is 9.13. The lowest BCUT2D eigenvalue weighted by Gasteiger charge is -2.34. The number of hydrogen-bond donors (Lipinski definition) is 1. The average Bonchev–Trinajstić information content (AvgIpc) is 2.57. The second-order valence-electron chi connectivity index (χ2n) is 6.10. The maximum absolute atomic E-state index is 5.59. The van der Waals surface area contributed by atoms with Gasteiger partial charge in [-0.3, -0.25) is 4.90 Å². The molecule has 1 heterocycles. The average molecular weight is 304 g/mol. The van der Waals surface area contributed by atoms with Crippen molar-refractivity contribution in [3.8, 4) is 0 Å². The van der Waals surface area contributed by atoms with Gasteiger partial charge in [0.25, 0.3) is 0 Å². The van der Waals surface area contributed by atoms with Crippen LogP contribution in [0.5, 0.6) is 0 Å². The minimum atomic E-state index is 0.805. The standard InChI is InChI=1S/C18H32N4/c1-3-22(4-2)18-8-6-17(7-9-18)16-21-14-12-20(13-15-21)11-5-10-19/h6-9H,3-5,10-16,19H2,1-2H3. The summed E-state index contributed by atoms with van der Waals surface area (Å²) in [5, 5.41) is 0. The van der Waals surface area contributed by atoms with E-state index in [4.69, 9.17) is 5.73 Å². The monoisotopic (exact) mass is 304 g/mol. The fraction of sp³-hybridized carbons (Fsp3) is 0.667. The minimum absolute atomic E-state index is 0.805. The van der Waals surface area contributed by atoms with E-state index in [9.17, 15) is 0 Å². The topological polar surface area (TPSA) is 35.7 Å². The fourth-order valence-electron chi connectivity index (χ4n) is 3.15. The quantitative estimate of drug-likeness (QED) is 0.797. The molecular formula is C18H32N4. The Hall–Kier alpha value is -1.10. The number of nitrogens with two attached hydrogens (primary N) is 1. The predicted octanol–water partition coefficient (Wildman–Crippen LogP) is 2.00. The Morgan fingerprint density at radius 1 is 0.955 bits per heavy atom. The zero-order chi connectivity index (χ0) is 15.8. The van der Waals surface area contributed by atoms with Crippen LogP contribution in [0.1, 0.15) is 25.8 Å². The lowest BCUT2D eigenvalue weighted by molar-refractivity contribution is 0.127. The highest BCUT2D eigenvalue weighted by Crippen LogP contribution is 2.16. The summed E-state index contributed by atoms with van der Waals surface area (Å²) in [6.07, 6.45) is 1.12. The third-order valence-corrected chi connectivity index (χ3v) is 4.61. The molecule has 1 aromatic rings.